The molecule has 0 spiro atoms. The number of thiophene rings is 1. The smallest absolute Gasteiger partial charge is 0.262 e. The van der Waals surface area contributed by atoms with Crippen molar-refractivity contribution in [2.24, 2.45) is 5.92 Å². The van der Waals surface area contributed by atoms with Gasteiger partial charge in [-0.05, 0) is 43.4 Å². The van der Waals surface area contributed by atoms with E-state index in [4.69, 9.17) is 9.47 Å². The quantitative estimate of drug-likeness (QED) is 0.583. The number of hydrogen-bond acceptors (Lipinski definition) is 7. The van der Waals surface area contributed by atoms with E-state index in [9.17, 15) is 14.4 Å². The predicted octanol–water partition coefficient (Wildman–Crippen LogP) is 2.59. The van der Waals surface area contributed by atoms with E-state index in [1.165, 1.54) is 22.2 Å². The molecule has 0 saturated carbocycles. The van der Waals surface area contributed by atoms with Gasteiger partial charge in [-0.1, -0.05) is 19.1 Å². The summed E-state index contributed by atoms with van der Waals surface area (Å²) in [6.45, 7) is 5.91. The maximum atomic E-state index is 13.2. The number of hydrogen-bond donors (Lipinski definition) is 1. The van der Waals surface area contributed by atoms with E-state index < -0.39 is 0 Å². The highest BCUT2D eigenvalue weighted by Gasteiger charge is 2.25. The van der Waals surface area contributed by atoms with Crippen molar-refractivity contribution < 1.29 is 19.1 Å². The average molecular weight is 497 g/mol. The lowest BCUT2D eigenvalue weighted by molar-refractivity contribution is -0.133. The van der Waals surface area contributed by atoms with Crippen molar-refractivity contribution >= 4 is 33.4 Å². The highest BCUT2D eigenvalue weighted by molar-refractivity contribution is 7.20. The van der Waals surface area contributed by atoms with Gasteiger partial charge in [0, 0.05) is 13.1 Å². The van der Waals surface area contributed by atoms with Crippen LogP contribution in [0.4, 0.5) is 0 Å². The fourth-order valence-electron chi connectivity index (χ4n) is 4.44. The molecule has 1 aromatic carbocycles. The molecular weight excluding hydrogens is 468 g/mol. The van der Waals surface area contributed by atoms with E-state index in [1.54, 1.807) is 6.92 Å². The summed E-state index contributed by atoms with van der Waals surface area (Å²) in [7, 11) is 0. The summed E-state index contributed by atoms with van der Waals surface area (Å²) in [5.41, 5.74) is 0.266. The number of nitrogens with zero attached hydrogens (tertiary/aromatic N) is 3. The van der Waals surface area contributed by atoms with Crippen molar-refractivity contribution in [1.29, 1.82) is 0 Å². The SMILES string of the molecule is Cc1c(C(=O)NC[C@@H]2COc3ccccc3O2)sc2ncn(CC(=O)N3CCC(C)CC3)c(=O)c12. The van der Waals surface area contributed by atoms with Gasteiger partial charge in [-0.25, -0.2) is 4.98 Å². The van der Waals surface area contributed by atoms with Crippen molar-refractivity contribution in [2.45, 2.75) is 39.3 Å². The third-order valence-electron chi connectivity index (χ3n) is 6.62. The second kappa shape index (κ2) is 9.69. The van der Waals surface area contributed by atoms with Gasteiger partial charge in [-0.3, -0.25) is 19.0 Å². The standard InChI is InChI=1S/C25H28N4O5S/c1-15-7-9-28(10-8-15)20(30)12-29-14-27-24-21(25(29)32)16(2)22(35-24)23(31)26-11-17-13-33-18-5-3-4-6-19(18)34-17/h3-6,14-15,17H,7-13H2,1-2H3,(H,26,31)/t17-/m1/s1. The molecule has 9 nitrogen and oxygen atoms in total. The van der Waals surface area contributed by atoms with E-state index in [2.05, 4.69) is 17.2 Å². The minimum absolute atomic E-state index is 0.0482. The Kier molecular flexibility index (Phi) is 6.46. The van der Waals surface area contributed by atoms with Crippen LogP contribution >= 0.6 is 11.3 Å². The minimum atomic E-state index is -0.317. The number of nitrogens with one attached hydrogen (secondary N) is 1. The zero-order valence-electron chi connectivity index (χ0n) is 19.8. The first-order chi connectivity index (χ1) is 16.9. The second-order valence-corrected chi connectivity index (χ2v) is 10.2. The van der Waals surface area contributed by atoms with Crippen molar-refractivity contribution in [2.75, 3.05) is 26.2 Å². The Morgan fingerprint density at radius 3 is 2.71 bits per heavy atom. The molecule has 2 aliphatic heterocycles. The number of ether oxygens (including phenoxy) is 2. The molecule has 2 aliphatic rings. The number of benzene rings is 1. The molecule has 0 unspecified atom stereocenters. The number of amides is 2. The Morgan fingerprint density at radius 2 is 1.94 bits per heavy atom. The second-order valence-electron chi connectivity index (χ2n) is 9.18. The topological polar surface area (TPSA) is 103 Å². The Bertz CT molecular complexity index is 1330. The summed E-state index contributed by atoms with van der Waals surface area (Å²) in [4.78, 5) is 45.9. The number of aryl methyl sites for hydroxylation is 1. The maximum Gasteiger partial charge on any atom is 0.262 e. The van der Waals surface area contributed by atoms with Crippen molar-refractivity contribution in [1.82, 2.24) is 19.8 Å². The Labute approximate surface area is 206 Å². The molecule has 3 aromatic rings. The van der Waals surface area contributed by atoms with Gasteiger partial charge in [0.05, 0.1) is 23.1 Å². The normalized spacial score (nSPS) is 18.0. The summed E-state index contributed by atoms with van der Waals surface area (Å²) in [5.74, 6) is 1.58. The van der Waals surface area contributed by atoms with E-state index in [-0.39, 0.29) is 36.6 Å². The first-order valence-corrected chi connectivity index (χ1v) is 12.7. The summed E-state index contributed by atoms with van der Waals surface area (Å²) < 4.78 is 12.9. The van der Waals surface area contributed by atoms with E-state index in [1.807, 2.05) is 29.2 Å². The molecular formula is C25H28N4O5S. The van der Waals surface area contributed by atoms with E-state index >= 15 is 0 Å². The Morgan fingerprint density at radius 1 is 1.20 bits per heavy atom. The lowest BCUT2D eigenvalue weighted by Crippen LogP contribution is -2.41. The number of para-hydroxylation sites is 2. The minimum Gasteiger partial charge on any atom is -0.486 e. The molecule has 0 bridgehead atoms. The molecule has 4 heterocycles. The van der Waals surface area contributed by atoms with Crippen LogP contribution in [0, 0.1) is 12.8 Å². The molecule has 1 saturated heterocycles. The van der Waals surface area contributed by atoms with Crippen LogP contribution in [0.1, 0.15) is 35.0 Å². The van der Waals surface area contributed by atoms with Gasteiger partial charge in [0.25, 0.3) is 11.5 Å². The fourth-order valence-corrected chi connectivity index (χ4v) is 5.50. The number of carbonyl (C=O) groups excluding carboxylic acids is 2. The largest absolute Gasteiger partial charge is 0.486 e. The zero-order valence-corrected chi connectivity index (χ0v) is 20.6. The molecule has 0 radical (unpaired) electrons. The molecule has 1 fully saturated rings. The zero-order chi connectivity index (χ0) is 24.5. The third-order valence-corrected chi connectivity index (χ3v) is 7.82. The summed E-state index contributed by atoms with van der Waals surface area (Å²) in [6, 6.07) is 7.41. The molecule has 1 N–H and O–H groups in total. The van der Waals surface area contributed by atoms with Gasteiger partial charge in [-0.2, -0.15) is 0 Å². The number of fused-ring (bicyclic) bond motifs is 2. The van der Waals surface area contributed by atoms with Gasteiger partial charge in [-0.15, -0.1) is 11.3 Å². The molecule has 184 valence electrons. The maximum absolute atomic E-state index is 13.2. The summed E-state index contributed by atoms with van der Waals surface area (Å²) in [5, 5.41) is 3.27. The van der Waals surface area contributed by atoms with Crippen molar-refractivity contribution in [3.05, 3.63) is 51.4 Å². The van der Waals surface area contributed by atoms with Crippen LogP contribution in [0.5, 0.6) is 11.5 Å². The van der Waals surface area contributed by atoms with E-state index in [0.29, 0.717) is 57.8 Å². The number of aromatic nitrogens is 2. The third kappa shape index (κ3) is 4.75. The number of rotatable bonds is 5. The van der Waals surface area contributed by atoms with Crippen LogP contribution in [-0.2, 0) is 11.3 Å². The molecule has 0 aliphatic carbocycles. The molecule has 10 heteroatoms. The average Bonchev–Trinajstić information content (AvgIpc) is 3.21. The molecule has 35 heavy (non-hydrogen) atoms. The number of likely N-dealkylation sites (tertiary alicyclic amines) is 1. The van der Waals surface area contributed by atoms with Gasteiger partial charge in [0.1, 0.15) is 24.1 Å². The molecule has 2 aromatic heterocycles. The molecule has 1 atom stereocenters. The van der Waals surface area contributed by atoms with Gasteiger partial charge < -0.3 is 19.7 Å². The van der Waals surface area contributed by atoms with Crippen LogP contribution in [0.15, 0.2) is 35.4 Å². The van der Waals surface area contributed by atoms with E-state index in [0.717, 1.165) is 12.8 Å². The van der Waals surface area contributed by atoms with Crippen LogP contribution in [0.3, 0.4) is 0 Å². The molecule has 5 rings (SSSR count). The van der Waals surface area contributed by atoms with Crippen LogP contribution in [0.25, 0.3) is 10.2 Å². The Hall–Kier alpha value is -3.40. The molecule has 2 amide bonds. The van der Waals surface area contributed by atoms with Gasteiger partial charge in [0.15, 0.2) is 11.5 Å². The monoisotopic (exact) mass is 496 g/mol. The van der Waals surface area contributed by atoms with Crippen LogP contribution in [0.2, 0.25) is 0 Å². The van der Waals surface area contributed by atoms with Crippen LogP contribution < -0.4 is 20.3 Å². The fraction of sp³-hybridized carbons (Fsp3) is 0.440. The first kappa shape index (κ1) is 23.3. The lowest BCUT2D eigenvalue weighted by atomic mass is 9.99. The van der Waals surface area contributed by atoms with Crippen LogP contribution in [-0.4, -0.2) is 58.6 Å². The predicted molar refractivity (Wildman–Crippen MR) is 132 cm³/mol. The lowest BCUT2D eigenvalue weighted by Gasteiger charge is -2.30. The number of carbonyl (C=O) groups is 2. The summed E-state index contributed by atoms with van der Waals surface area (Å²) in [6.07, 6.45) is 3.04. The van der Waals surface area contributed by atoms with Gasteiger partial charge in [0.2, 0.25) is 5.91 Å². The highest BCUT2D eigenvalue weighted by atomic mass is 32.1. The summed E-state index contributed by atoms with van der Waals surface area (Å²) >= 11 is 1.17. The number of piperidine rings is 1. The van der Waals surface area contributed by atoms with Crippen molar-refractivity contribution in [3.8, 4) is 11.5 Å². The Balaban J connectivity index is 1.27. The van der Waals surface area contributed by atoms with Crippen molar-refractivity contribution in [3.63, 3.8) is 0 Å². The van der Waals surface area contributed by atoms with Gasteiger partial charge >= 0.3 is 0 Å². The first-order valence-electron chi connectivity index (χ1n) is 11.8. The highest BCUT2D eigenvalue weighted by Crippen LogP contribution is 2.31.